The Bertz CT molecular complexity index is 662. The summed E-state index contributed by atoms with van der Waals surface area (Å²) in [4.78, 5) is 11.5. The number of tetrazole rings is 1. The molecule has 20 heavy (non-hydrogen) atoms. The van der Waals surface area contributed by atoms with Gasteiger partial charge in [0.15, 0.2) is 11.4 Å². The molecule has 1 aliphatic carbocycles. The zero-order chi connectivity index (χ0) is 14.3. The Hall–Kier alpha value is -2.38. The van der Waals surface area contributed by atoms with Gasteiger partial charge in [-0.05, 0) is 41.8 Å². The van der Waals surface area contributed by atoms with Gasteiger partial charge in [-0.15, -0.1) is 5.10 Å². The minimum Gasteiger partial charge on any atom is -0.479 e. The molecular weight excluding hydrogens is 270 g/mol. The van der Waals surface area contributed by atoms with Crippen molar-refractivity contribution in [3.8, 4) is 11.4 Å². The van der Waals surface area contributed by atoms with Gasteiger partial charge in [-0.25, -0.2) is 18.3 Å². The molecule has 0 atom stereocenters. The summed E-state index contributed by atoms with van der Waals surface area (Å²) in [6.07, 6.45) is 1.51. The topological polar surface area (TPSA) is 80.9 Å². The van der Waals surface area contributed by atoms with Gasteiger partial charge in [-0.1, -0.05) is 0 Å². The molecule has 1 saturated carbocycles. The van der Waals surface area contributed by atoms with Crippen molar-refractivity contribution in [2.24, 2.45) is 0 Å². The van der Waals surface area contributed by atoms with Crippen molar-refractivity contribution in [1.82, 2.24) is 20.2 Å². The molecule has 0 aliphatic heterocycles. The van der Waals surface area contributed by atoms with E-state index in [0.29, 0.717) is 12.8 Å². The largest absolute Gasteiger partial charge is 0.479 e. The molecular formula is C12H10F2N4O2. The van der Waals surface area contributed by atoms with Crippen molar-refractivity contribution in [2.75, 3.05) is 0 Å². The Kier molecular flexibility index (Phi) is 2.73. The highest BCUT2D eigenvalue weighted by Crippen LogP contribution is 2.40. The van der Waals surface area contributed by atoms with E-state index in [1.165, 1.54) is 0 Å². The monoisotopic (exact) mass is 280 g/mol. The number of aromatic nitrogens is 4. The molecule has 2 aromatic rings. The van der Waals surface area contributed by atoms with E-state index in [1.54, 1.807) is 0 Å². The van der Waals surface area contributed by atoms with Gasteiger partial charge in [-0.2, -0.15) is 0 Å². The summed E-state index contributed by atoms with van der Waals surface area (Å²) in [6, 6.07) is 2.87. The van der Waals surface area contributed by atoms with Crippen LogP contribution in [-0.2, 0) is 10.3 Å². The van der Waals surface area contributed by atoms with Gasteiger partial charge in [0.1, 0.15) is 11.6 Å². The van der Waals surface area contributed by atoms with Gasteiger partial charge in [0.25, 0.3) is 0 Å². The quantitative estimate of drug-likeness (QED) is 0.923. The molecule has 1 N–H and O–H groups in total. The lowest BCUT2D eigenvalue weighted by atomic mass is 9.76. The number of nitrogens with zero attached hydrogens (tertiary/aromatic N) is 4. The van der Waals surface area contributed by atoms with Crippen LogP contribution in [0.5, 0.6) is 0 Å². The Balaban J connectivity index is 2.13. The molecule has 1 aromatic heterocycles. The fourth-order valence-electron chi connectivity index (χ4n) is 2.37. The molecule has 6 nitrogen and oxygen atoms in total. The van der Waals surface area contributed by atoms with Crippen molar-refractivity contribution >= 4 is 5.97 Å². The van der Waals surface area contributed by atoms with E-state index in [-0.39, 0.29) is 11.4 Å². The number of carboxylic acid groups (broad SMARTS) is 1. The fourth-order valence-corrected chi connectivity index (χ4v) is 2.37. The first-order chi connectivity index (χ1) is 9.53. The average Bonchev–Trinajstić information content (AvgIpc) is 2.74. The number of aliphatic carboxylic acids is 1. The second kappa shape index (κ2) is 4.32. The lowest BCUT2D eigenvalue weighted by Gasteiger charge is -2.37. The average molecular weight is 280 g/mol. The molecule has 1 aliphatic rings. The van der Waals surface area contributed by atoms with Crippen molar-refractivity contribution in [3.05, 3.63) is 29.8 Å². The predicted molar refractivity (Wildman–Crippen MR) is 62.6 cm³/mol. The standard InChI is InChI=1S/C12H10F2N4O2/c13-8-4-7(5-9(14)6-8)10-15-16-17-18(10)12(11(19)20)2-1-3-12/h4-6H,1-3H2,(H,19,20). The second-order valence-electron chi connectivity index (χ2n) is 4.76. The summed E-state index contributed by atoms with van der Waals surface area (Å²) in [5.41, 5.74) is -1.11. The number of halogens is 2. The van der Waals surface area contributed by atoms with Gasteiger partial charge >= 0.3 is 5.97 Å². The Morgan fingerprint density at radius 3 is 2.40 bits per heavy atom. The van der Waals surface area contributed by atoms with Crippen LogP contribution in [0, 0.1) is 11.6 Å². The summed E-state index contributed by atoms with van der Waals surface area (Å²) in [5.74, 6) is -2.54. The van der Waals surface area contributed by atoms with Crippen LogP contribution in [0.2, 0.25) is 0 Å². The van der Waals surface area contributed by atoms with Gasteiger partial charge in [0.2, 0.25) is 0 Å². The first kappa shape index (κ1) is 12.6. The smallest absolute Gasteiger partial charge is 0.331 e. The summed E-state index contributed by atoms with van der Waals surface area (Å²) in [5, 5.41) is 20.2. The summed E-state index contributed by atoms with van der Waals surface area (Å²) in [7, 11) is 0. The molecule has 0 spiro atoms. The van der Waals surface area contributed by atoms with Gasteiger partial charge in [-0.3, -0.25) is 0 Å². The van der Waals surface area contributed by atoms with Crippen molar-refractivity contribution in [3.63, 3.8) is 0 Å². The van der Waals surface area contributed by atoms with Gasteiger partial charge < -0.3 is 5.11 Å². The maximum atomic E-state index is 13.3. The molecule has 0 amide bonds. The predicted octanol–water partition coefficient (Wildman–Crippen LogP) is 1.58. The first-order valence-corrected chi connectivity index (χ1v) is 6.02. The molecule has 1 aromatic carbocycles. The van der Waals surface area contributed by atoms with Crippen LogP contribution in [0.15, 0.2) is 18.2 Å². The van der Waals surface area contributed by atoms with Gasteiger partial charge in [0, 0.05) is 11.6 Å². The lowest BCUT2D eigenvalue weighted by molar-refractivity contribution is -0.153. The molecule has 3 rings (SSSR count). The maximum Gasteiger partial charge on any atom is 0.331 e. The lowest BCUT2D eigenvalue weighted by Crippen LogP contribution is -2.48. The normalized spacial score (nSPS) is 16.7. The first-order valence-electron chi connectivity index (χ1n) is 6.02. The van der Waals surface area contributed by atoms with Crippen LogP contribution >= 0.6 is 0 Å². The third kappa shape index (κ3) is 1.75. The van der Waals surface area contributed by atoms with Crippen LogP contribution in [0.4, 0.5) is 8.78 Å². The van der Waals surface area contributed by atoms with E-state index >= 15 is 0 Å². The molecule has 8 heteroatoms. The fraction of sp³-hybridized carbons (Fsp3) is 0.333. The highest BCUT2D eigenvalue weighted by molar-refractivity contribution is 5.78. The van der Waals surface area contributed by atoms with E-state index in [2.05, 4.69) is 15.5 Å². The third-order valence-corrected chi connectivity index (χ3v) is 3.57. The van der Waals surface area contributed by atoms with E-state index < -0.39 is 23.1 Å². The minimum atomic E-state index is -1.22. The molecule has 0 saturated heterocycles. The number of hydrogen-bond acceptors (Lipinski definition) is 4. The van der Waals surface area contributed by atoms with Crippen LogP contribution in [0.3, 0.4) is 0 Å². The summed E-state index contributed by atoms with van der Waals surface area (Å²) in [6.45, 7) is 0. The SMILES string of the molecule is O=C(O)C1(n2nnnc2-c2cc(F)cc(F)c2)CCC1. The van der Waals surface area contributed by atoms with Crippen LogP contribution < -0.4 is 0 Å². The highest BCUT2D eigenvalue weighted by Gasteiger charge is 2.49. The number of carbonyl (C=O) groups is 1. The molecule has 1 heterocycles. The second-order valence-corrected chi connectivity index (χ2v) is 4.76. The number of carboxylic acids is 1. The van der Waals surface area contributed by atoms with Crippen molar-refractivity contribution in [1.29, 1.82) is 0 Å². The summed E-state index contributed by atoms with van der Waals surface area (Å²) >= 11 is 0. The van der Waals surface area contributed by atoms with Gasteiger partial charge in [0.05, 0.1) is 0 Å². The molecule has 104 valence electrons. The van der Waals surface area contributed by atoms with E-state index in [0.717, 1.165) is 29.3 Å². The maximum absolute atomic E-state index is 13.3. The zero-order valence-corrected chi connectivity index (χ0v) is 10.3. The molecule has 1 fully saturated rings. The Morgan fingerprint density at radius 1 is 1.25 bits per heavy atom. The van der Waals surface area contributed by atoms with E-state index in [9.17, 15) is 18.7 Å². The Labute approximate surface area is 112 Å². The number of benzene rings is 1. The van der Waals surface area contributed by atoms with Crippen LogP contribution in [-0.4, -0.2) is 31.3 Å². The van der Waals surface area contributed by atoms with E-state index in [1.807, 2.05) is 0 Å². The molecule has 0 radical (unpaired) electrons. The zero-order valence-electron chi connectivity index (χ0n) is 10.3. The third-order valence-electron chi connectivity index (χ3n) is 3.57. The highest BCUT2D eigenvalue weighted by atomic mass is 19.1. The Morgan fingerprint density at radius 2 is 1.90 bits per heavy atom. The van der Waals surface area contributed by atoms with Crippen molar-refractivity contribution < 1.29 is 18.7 Å². The summed E-state index contributed by atoms with van der Waals surface area (Å²) < 4.78 is 27.7. The number of rotatable bonds is 3. The molecule has 0 unspecified atom stereocenters. The molecule has 0 bridgehead atoms. The number of hydrogen-bond donors (Lipinski definition) is 1. The minimum absolute atomic E-state index is 0.0468. The van der Waals surface area contributed by atoms with Crippen LogP contribution in [0.25, 0.3) is 11.4 Å². The van der Waals surface area contributed by atoms with Crippen molar-refractivity contribution in [2.45, 2.75) is 24.8 Å². The van der Waals surface area contributed by atoms with Crippen LogP contribution in [0.1, 0.15) is 19.3 Å². The van der Waals surface area contributed by atoms with E-state index in [4.69, 9.17) is 0 Å².